The van der Waals surface area contributed by atoms with Crippen LogP contribution in [0.5, 0.6) is 0 Å². The monoisotopic (exact) mass is 331 g/mol. The van der Waals surface area contributed by atoms with Crippen molar-refractivity contribution in [3.8, 4) is 0 Å². The fourth-order valence-electron chi connectivity index (χ4n) is 3.03. The van der Waals surface area contributed by atoms with E-state index < -0.39 is 0 Å². The summed E-state index contributed by atoms with van der Waals surface area (Å²) >= 11 is 1.67. The number of hydrogen-bond donors (Lipinski definition) is 0. The smallest absolute Gasteiger partial charge is 0.276 e. The van der Waals surface area contributed by atoms with Gasteiger partial charge in [0.15, 0.2) is 0 Å². The van der Waals surface area contributed by atoms with Crippen LogP contribution in [-0.2, 0) is 6.42 Å². The lowest BCUT2D eigenvalue weighted by molar-refractivity contribution is 0.348. The third-order valence-corrected chi connectivity index (χ3v) is 5.24. The summed E-state index contributed by atoms with van der Waals surface area (Å²) in [5, 5.41) is 9.06. The largest absolute Gasteiger partial charge is 0.416 e. The van der Waals surface area contributed by atoms with E-state index in [0.29, 0.717) is 11.1 Å². The van der Waals surface area contributed by atoms with Gasteiger partial charge in [-0.1, -0.05) is 55.9 Å². The molecule has 1 aliphatic heterocycles. The summed E-state index contributed by atoms with van der Waals surface area (Å²) in [6.07, 6.45) is 2.12. The Morgan fingerprint density at radius 3 is 2.87 bits per heavy atom. The molecule has 3 rings (SSSR count). The minimum absolute atomic E-state index is 0.389. The molecule has 0 radical (unpaired) electrons. The maximum atomic E-state index is 5.78. The van der Waals surface area contributed by atoms with E-state index in [2.05, 4.69) is 53.2 Å². The molecule has 2 heterocycles. The molecule has 0 amide bonds. The molecule has 1 aromatic carbocycles. The van der Waals surface area contributed by atoms with Crippen molar-refractivity contribution in [3.05, 3.63) is 41.8 Å². The summed E-state index contributed by atoms with van der Waals surface area (Å²) in [4.78, 5) is 2.52. The van der Waals surface area contributed by atoms with Gasteiger partial charge >= 0.3 is 0 Å². The summed E-state index contributed by atoms with van der Waals surface area (Å²) in [6, 6.07) is 10.5. The van der Waals surface area contributed by atoms with Crippen molar-refractivity contribution in [3.63, 3.8) is 0 Å². The maximum Gasteiger partial charge on any atom is 0.276 e. The molecule has 124 valence electrons. The summed E-state index contributed by atoms with van der Waals surface area (Å²) < 4.78 is 5.78. The normalized spacial score (nSPS) is 20.0. The quantitative estimate of drug-likeness (QED) is 0.721. The first-order chi connectivity index (χ1) is 11.2. The first-order valence-corrected chi connectivity index (χ1v) is 9.41. The average Bonchev–Trinajstić information content (AvgIpc) is 3.17. The lowest BCUT2D eigenvalue weighted by Gasteiger charge is -2.13. The zero-order valence-electron chi connectivity index (χ0n) is 13.9. The molecule has 0 bridgehead atoms. The molecule has 2 aromatic rings. The van der Waals surface area contributed by atoms with Crippen LogP contribution in [0.25, 0.3) is 0 Å². The Hall–Kier alpha value is -1.33. The van der Waals surface area contributed by atoms with Gasteiger partial charge in [-0.25, -0.2) is 0 Å². The number of thioether (sulfide) groups is 1. The van der Waals surface area contributed by atoms with E-state index in [9.17, 15) is 0 Å². The van der Waals surface area contributed by atoms with E-state index in [1.165, 1.54) is 25.1 Å². The number of benzene rings is 1. The van der Waals surface area contributed by atoms with Gasteiger partial charge in [0, 0.05) is 25.3 Å². The molecule has 0 N–H and O–H groups in total. The van der Waals surface area contributed by atoms with Crippen LogP contribution < -0.4 is 0 Å². The van der Waals surface area contributed by atoms with Crippen molar-refractivity contribution < 1.29 is 4.42 Å². The Morgan fingerprint density at radius 1 is 1.30 bits per heavy atom. The van der Waals surface area contributed by atoms with Gasteiger partial charge in [0.25, 0.3) is 5.22 Å². The molecule has 1 saturated heterocycles. The topological polar surface area (TPSA) is 42.2 Å². The Bertz CT molecular complexity index is 601. The van der Waals surface area contributed by atoms with Crippen molar-refractivity contribution in [2.24, 2.45) is 5.92 Å². The molecule has 23 heavy (non-hydrogen) atoms. The van der Waals surface area contributed by atoms with E-state index in [4.69, 9.17) is 4.42 Å². The molecule has 0 unspecified atom stereocenters. The fraction of sp³-hybridized carbons (Fsp3) is 0.556. The molecular formula is C18H25N3OS. The second kappa shape index (κ2) is 7.97. The molecule has 1 aromatic heterocycles. The molecular weight excluding hydrogens is 306 g/mol. The molecule has 0 aliphatic carbocycles. The SMILES string of the molecule is C[C@H]1CCN(CCSc2nnc(C[C@@H](C)c3ccccc3)o2)C1. The van der Waals surface area contributed by atoms with E-state index in [1.807, 2.05) is 6.07 Å². The van der Waals surface area contributed by atoms with E-state index in [1.54, 1.807) is 11.8 Å². The number of aromatic nitrogens is 2. The lowest BCUT2D eigenvalue weighted by Crippen LogP contribution is -2.22. The lowest BCUT2D eigenvalue weighted by atomic mass is 9.98. The highest BCUT2D eigenvalue weighted by Crippen LogP contribution is 2.23. The van der Waals surface area contributed by atoms with Crippen molar-refractivity contribution in [1.29, 1.82) is 0 Å². The number of likely N-dealkylation sites (tertiary alicyclic amines) is 1. The third kappa shape index (κ3) is 4.82. The predicted octanol–water partition coefficient (Wildman–Crippen LogP) is 3.85. The zero-order valence-corrected chi connectivity index (χ0v) is 14.8. The van der Waals surface area contributed by atoms with Gasteiger partial charge in [-0.2, -0.15) is 0 Å². The van der Waals surface area contributed by atoms with Crippen molar-refractivity contribution in [2.45, 2.75) is 37.8 Å². The van der Waals surface area contributed by atoms with Gasteiger partial charge < -0.3 is 9.32 Å². The Balaban J connectivity index is 1.44. The second-order valence-electron chi connectivity index (χ2n) is 6.52. The summed E-state index contributed by atoms with van der Waals surface area (Å²) in [5.74, 6) is 2.98. The molecule has 4 nitrogen and oxygen atoms in total. The summed E-state index contributed by atoms with van der Waals surface area (Å²) in [5.41, 5.74) is 1.31. The highest BCUT2D eigenvalue weighted by Gasteiger charge is 2.18. The molecule has 1 aliphatic rings. The van der Waals surface area contributed by atoms with Gasteiger partial charge in [-0.3, -0.25) is 0 Å². The number of hydrogen-bond acceptors (Lipinski definition) is 5. The molecule has 0 saturated carbocycles. The van der Waals surface area contributed by atoms with Crippen molar-refractivity contribution in [1.82, 2.24) is 15.1 Å². The predicted molar refractivity (Wildman–Crippen MR) is 93.8 cm³/mol. The summed E-state index contributed by atoms with van der Waals surface area (Å²) in [6.45, 7) is 8.08. The van der Waals surface area contributed by atoms with Gasteiger partial charge in [0.1, 0.15) is 0 Å². The van der Waals surface area contributed by atoms with Gasteiger partial charge in [-0.05, 0) is 30.4 Å². The second-order valence-corrected chi connectivity index (χ2v) is 7.57. The maximum absolute atomic E-state index is 5.78. The van der Waals surface area contributed by atoms with Crippen LogP contribution in [0.4, 0.5) is 0 Å². The van der Waals surface area contributed by atoms with Crippen LogP contribution in [0.2, 0.25) is 0 Å². The van der Waals surface area contributed by atoms with Crippen molar-refractivity contribution in [2.75, 3.05) is 25.4 Å². The van der Waals surface area contributed by atoms with Crippen LogP contribution in [0.1, 0.15) is 37.6 Å². The minimum Gasteiger partial charge on any atom is -0.416 e. The molecule has 5 heteroatoms. The van der Waals surface area contributed by atoms with Crippen molar-refractivity contribution >= 4 is 11.8 Å². The minimum atomic E-state index is 0.389. The Labute approximate surface area is 142 Å². The summed E-state index contributed by atoms with van der Waals surface area (Å²) in [7, 11) is 0. The first-order valence-electron chi connectivity index (χ1n) is 8.43. The molecule has 2 atom stereocenters. The van der Waals surface area contributed by atoms with Crippen LogP contribution in [0, 0.1) is 5.92 Å². The van der Waals surface area contributed by atoms with E-state index >= 15 is 0 Å². The van der Waals surface area contributed by atoms with Gasteiger partial charge in [0.2, 0.25) is 5.89 Å². The average molecular weight is 331 g/mol. The van der Waals surface area contributed by atoms with Crippen LogP contribution in [-0.4, -0.2) is 40.5 Å². The highest BCUT2D eigenvalue weighted by atomic mass is 32.2. The zero-order chi connectivity index (χ0) is 16.1. The number of rotatable bonds is 7. The standard InChI is InChI=1S/C18H25N3OS/c1-14-8-9-21(13-14)10-11-23-18-20-19-17(22-18)12-15(2)16-6-4-3-5-7-16/h3-7,14-15H,8-13H2,1-2H3/t14-,15+/m0/s1. The molecule has 1 fully saturated rings. The first kappa shape index (κ1) is 16.5. The van der Waals surface area contributed by atoms with Crippen LogP contribution >= 0.6 is 11.8 Å². The Kier molecular flexibility index (Phi) is 5.73. The van der Waals surface area contributed by atoms with Crippen LogP contribution in [0.3, 0.4) is 0 Å². The third-order valence-electron chi connectivity index (χ3n) is 4.44. The van der Waals surface area contributed by atoms with Crippen LogP contribution in [0.15, 0.2) is 40.0 Å². The molecule has 0 spiro atoms. The van der Waals surface area contributed by atoms with Gasteiger partial charge in [-0.15, -0.1) is 10.2 Å². The fourth-order valence-corrected chi connectivity index (χ4v) is 3.81. The van der Waals surface area contributed by atoms with E-state index in [-0.39, 0.29) is 0 Å². The highest BCUT2D eigenvalue weighted by molar-refractivity contribution is 7.99. The van der Waals surface area contributed by atoms with E-state index in [0.717, 1.165) is 30.5 Å². The van der Waals surface area contributed by atoms with Gasteiger partial charge in [0.05, 0.1) is 0 Å². The Morgan fingerprint density at radius 2 is 2.13 bits per heavy atom. The number of nitrogens with zero attached hydrogens (tertiary/aromatic N) is 3.